The van der Waals surface area contributed by atoms with Crippen molar-refractivity contribution in [2.45, 2.75) is 101 Å². The highest BCUT2D eigenvalue weighted by Gasteiger charge is 2.37. The average molecular weight is 565 g/mol. The third-order valence-electron chi connectivity index (χ3n) is 8.84. The van der Waals surface area contributed by atoms with E-state index in [1.165, 1.54) is 10.7 Å². The molecule has 1 aromatic carbocycles. The Morgan fingerprint density at radius 3 is 2.51 bits per heavy atom. The molecule has 2 aromatic rings. The molecule has 5 rings (SSSR count). The predicted molar refractivity (Wildman–Crippen MR) is 147 cm³/mol. The zero-order valence-electron chi connectivity index (χ0n) is 23.3. The molecule has 2 heterocycles. The van der Waals surface area contributed by atoms with Crippen molar-refractivity contribution in [2.75, 3.05) is 19.6 Å². The van der Waals surface area contributed by atoms with Crippen LogP contribution < -0.4 is 5.32 Å². The molecular weight excluding hydrogens is 522 g/mol. The molecule has 4 atom stereocenters. The van der Waals surface area contributed by atoms with Gasteiger partial charge in [0.25, 0.3) is 0 Å². The number of fused-ring (bicyclic) bond motifs is 1. The first-order valence-corrected chi connectivity index (χ1v) is 16.0. The molecule has 1 N–H and O–H groups in total. The van der Waals surface area contributed by atoms with Gasteiger partial charge in [0.1, 0.15) is 18.2 Å². The lowest BCUT2D eigenvalue weighted by Gasteiger charge is -2.32. The van der Waals surface area contributed by atoms with Gasteiger partial charge in [-0.05, 0) is 69.1 Å². The fourth-order valence-corrected chi connectivity index (χ4v) is 7.80. The summed E-state index contributed by atoms with van der Waals surface area (Å²) in [5.74, 6) is 0.412. The number of piperidine rings is 1. The molecule has 7 nitrogen and oxygen atoms in total. The molecule has 1 amide bonds. The van der Waals surface area contributed by atoms with Crippen LogP contribution in [0.1, 0.15) is 78.0 Å². The second-order valence-corrected chi connectivity index (χ2v) is 14.8. The Kier molecular flexibility index (Phi) is 8.08. The van der Waals surface area contributed by atoms with Crippen LogP contribution in [0.4, 0.5) is 8.78 Å². The summed E-state index contributed by atoms with van der Waals surface area (Å²) in [6, 6.07) is 4.90. The van der Waals surface area contributed by atoms with Gasteiger partial charge in [0, 0.05) is 37.5 Å². The number of imidazole rings is 1. The summed E-state index contributed by atoms with van der Waals surface area (Å²) in [5.41, 5.74) is 0.871. The van der Waals surface area contributed by atoms with Gasteiger partial charge in [-0.2, -0.15) is 4.31 Å². The number of carbonyl (C=O) groups excluding carboxylic acids is 1. The van der Waals surface area contributed by atoms with E-state index in [0.717, 1.165) is 24.2 Å². The summed E-state index contributed by atoms with van der Waals surface area (Å²) in [5, 5.41) is 3.03. The van der Waals surface area contributed by atoms with Crippen LogP contribution >= 0.6 is 0 Å². The van der Waals surface area contributed by atoms with E-state index in [0.29, 0.717) is 56.8 Å². The Hall–Kier alpha value is -2.07. The smallest absolute Gasteiger partial charge is 0.243 e. The summed E-state index contributed by atoms with van der Waals surface area (Å²) >= 11 is 0. The van der Waals surface area contributed by atoms with E-state index < -0.39 is 28.3 Å². The van der Waals surface area contributed by atoms with E-state index >= 15 is 0 Å². The number of halogens is 2. The molecule has 1 saturated heterocycles. The third kappa shape index (κ3) is 5.87. The van der Waals surface area contributed by atoms with Gasteiger partial charge in [0.05, 0.1) is 21.8 Å². The number of aromatic nitrogens is 2. The number of amides is 1. The van der Waals surface area contributed by atoms with Crippen LogP contribution in [0.2, 0.25) is 0 Å². The maximum absolute atomic E-state index is 14.8. The molecule has 3 unspecified atom stereocenters. The van der Waals surface area contributed by atoms with E-state index in [9.17, 15) is 22.0 Å². The van der Waals surface area contributed by atoms with Crippen molar-refractivity contribution in [3.05, 3.63) is 24.0 Å². The number of alkyl halides is 2. The first-order valence-electron chi connectivity index (χ1n) is 14.5. The first kappa shape index (κ1) is 28.5. The van der Waals surface area contributed by atoms with E-state index in [-0.39, 0.29) is 35.1 Å². The molecule has 39 heavy (non-hydrogen) atoms. The highest BCUT2D eigenvalue weighted by Crippen LogP contribution is 2.35. The molecule has 1 aliphatic heterocycles. The van der Waals surface area contributed by atoms with Gasteiger partial charge in [-0.25, -0.2) is 22.2 Å². The van der Waals surface area contributed by atoms with Gasteiger partial charge in [-0.15, -0.1) is 0 Å². The number of hydrogen-bond donors (Lipinski definition) is 1. The largest absolute Gasteiger partial charge is 0.356 e. The van der Waals surface area contributed by atoms with E-state index in [4.69, 9.17) is 4.98 Å². The van der Waals surface area contributed by atoms with Crippen molar-refractivity contribution >= 4 is 27.0 Å². The normalized spacial score (nSPS) is 27.4. The van der Waals surface area contributed by atoms with Crippen molar-refractivity contribution in [2.24, 2.45) is 17.8 Å². The van der Waals surface area contributed by atoms with Gasteiger partial charge in [0.15, 0.2) is 0 Å². The highest BCUT2D eigenvalue weighted by atomic mass is 32.2. The lowest BCUT2D eigenvalue weighted by molar-refractivity contribution is -0.126. The first-order chi connectivity index (χ1) is 18.4. The standard InChI is InChI=1S/C29H42F2N4O3S/c1-29(2,3)28-33-24-15-22(12-13-25(24)35(28)18-20-9-5-11-23(30)26(20)31)39(37,38)34-14-6-10-21(17-34)27(36)32-16-19-7-4-8-19/h12-13,15,19-21,23,26H,4-11,14,16-18H2,1-3H3,(H,32,36)/t20?,21-,23?,26?/m0/s1. The zero-order chi connectivity index (χ0) is 27.9. The Labute approximate surface area is 230 Å². The predicted octanol–water partition coefficient (Wildman–Crippen LogP) is 5.13. The molecule has 2 aliphatic carbocycles. The summed E-state index contributed by atoms with van der Waals surface area (Å²) in [7, 11) is -3.83. The number of carbonyl (C=O) groups is 1. The minimum absolute atomic E-state index is 0.0600. The zero-order valence-corrected chi connectivity index (χ0v) is 24.2. The van der Waals surface area contributed by atoms with Crippen LogP contribution in [0.15, 0.2) is 23.1 Å². The van der Waals surface area contributed by atoms with Gasteiger partial charge in [-0.3, -0.25) is 4.79 Å². The highest BCUT2D eigenvalue weighted by molar-refractivity contribution is 7.89. The molecule has 3 fully saturated rings. The van der Waals surface area contributed by atoms with Crippen molar-refractivity contribution in [1.29, 1.82) is 0 Å². The summed E-state index contributed by atoms with van der Waals surface area (Å²) in [4.78, 5) is 17.7. The van der Waals surface area contributed by atoms with Crippen LogP contribution in [0.25, 0.3) is 11.0 Å². The molecule has 2 saturated carbocycles. The van der Waals surface area contributed by atoms with Gasteiger partial charge in [0.2, 0.25) is 15.9 Å². The minimum Gasteiger partial charge on any atom is -0.356 e. The monoisotopic (exact) mass is 564 g/mol. The van der Waals surface area contributed by atoms with Gasteiger partial charge < -0.3 is 9.88 Å². The molecule has 10 heteroatoms. The second-order valence-electron chi connectivity index (χ2n) is 12.8. The van der Waals surface area contributed by atoms with Crippen molar-refractivity contribution in [1.82, 2.24) is 19.2 Å². The van der Waals surface area contributed by atoms with E-state index in [1.807, 2.05) is 25.3 Å². The number of benzene rings is 1. The molecule has 3 aliphatic rings. The molecule has 1 aromatic heterocycles. The topological polar surface area (TPSA) is 84.3 Å². The molecule has 0 spiro atoms. The molecule has 216 valence electrons. The van der Waals surface area contributed by atoms with E-state index in [2.05, 4.69) is 5.32 Å². The number of nitrogens with zero attached hydrogens (tertiary/aromatic N) is 3. The molecule has 0 bridgehead atoms. The van der Waals surface area contributed by atoms with Crippen LogP contribution in [-0.4, -0.2) is 60.2 Å². The Balaban J connectivity index is 1.38. The maximum Gasteiger partial charge on any atom is 0.243 e. The van der Waals surface area contributed by atoms with Crippen LogP contribution in [0.5, 0.6) is 0 Å². The minimum atomic E-state index is -3.83. The SMILES string of the molecule is CC(C)(C)c1nc2cc(S(=O)(=O)N3CCC[C@H](C(=O)NCC4CCC4)C3)ccc2n1CC1CCCC(F)C1F. The fourth-order valence-electron chi connectivity index (χ4n) is 6.25. The van der Waals surface area contributed by atoms with Crippen molar-refractivity contribution in [3.8, 4) is 0 Å². The molecule has 0 radical (unpaired) electrons. The summed E-state index contributed by atoms with van der Waals surface area (Å²) < 4.78 is 59.6. The lowest BCUT2D eigenvalue weighted by Crippen LogP contribution is -2.46. The summed E-state index contributed by atoms with van der Waals surface area (Å²) in [6.45, 7) is 7.56. The fraction of sp³-hybridized carbons (Fsp3) is 0.724. The number of sulfonamides is 1. The third-order valence-corrected chi connectivity index (χ3v) is 10.7. The molecular formula is C29H42F2N4O3S. The lowest BCUT2D eigenvalue weighted by atomic mass is 9.85. The van der Waals surface area contributed by atoms with Crippen LogP contribution in [0, 0.1) is 17.8 Å². The van der Waals surface area contributed by atoms with Gasteiger partial charge >= 0.3 is 0 Å². The Morgan fingerprint density at radius 1 is 1.08 bits per heavy atom. The van der Waals surface area contributed by atoms with Gasteiger partial charge in [-0.1, -0.05) is 27.2 Å². The Morgan fingerprint density at radius 2 is 1.82 bits per heavy atom. The van der Waals surface area contributed by atoms with Crippen LogP contribution in [-0.2, 0) is 26.8 Å². The Bertz CT molecular complexity index is 1300. The number of hydrogen-bond acceptors (Lipinski definition) is 4. The second kappa shape index (κ2) is 11.1. The average Bonchev–Trinajstić information content (AvgIpc) is 3.24. The van der Waals surface area contributed by atoms with Crippen LogP contribution in [0.3, 0.4) is 0 Å². The quantitative estimate of drug-likeness (QED) is 0.506. The number of nitrogens with one attached hydrogen (secondary N) is 1. The summed E-state index contributed by atoms with van der Waals surface area (Å²) in [6.07, 6.45) is 3.38. The maximum atomic E-state index is 14.8. The number of rotatable bonds is 7. The van der Waals surface area contributed by atoms with Crippen molar-refractivity contribution < 1.29 is 22.0 Å². The van der Waals surface area contributed by atoms with Crippen molar-refractivity contribution in [3.63, 3.8) is 0 Å². The van der Waals surface area contributed by atoms with E-state index in [1.54, 1.807) is 18.2 Å².